The fraction of sp³-hybridized carbons (Fsp3) is 0.200. The fourth-order valence-electron chi connectivity index (χ4n) is 2.14. The lowest BCUT2D eigenvalue weighted by Gasteiger charge is -2.04. The second-order valence-electron chi connectivity index (χ2n) is 4.75. The van der Waals surface area contributed by atoms with Gasteiger partial charge in [0.25, 0.3) is 5.56 Å². The molecule has 3 rings (SSSR count). The van der Waals surface area contributed by atoms with Crippen LogP contribution in [0.2, 0.25) is 0 Å². The van der Waals surface area contributed by atoms with E-state index in [4.69, 9.17) is 4.52 Å². The first-order chi connectivity index (χ1) is 9.72. The highest BCUT2D eigenvalue weighted by Crippen LogP contribution is 2.10. The van der Waals surface area contributed by atoms with Crippen molar-refractivity contribution in [2.75, 3.05) is 0 Å². The van der Waals surface area contributed by atoms with Gasteiger partial charge in [0.1, 0.15) is 0 Å². The highest BCUT2D eigenvalue weighted by molar-refractivity contribution is 5.78. The molecule has 5 nitrogen and oxygen atoms in total. The third kappa shape index (κ3) is 2.62. The first kappa shape index (κ1) is 12.6. The Balaban J connectivity index is 1.74. The Morgan fingerprint density at radius 3 is 2.90 bits per heavy atom. The molecule has 2 N–H and O–H groups in total. The van der Waals surface area contributed by atoms with Crippen LogP contribution in [-0.4, -0.2) is 10.1 Å². The van der Waals surface area contributed by atoms with Gasteiger partial charge in [-0.15, -0.1) is 0 Å². The SMILES string of the molecule is Cc1cc(CNCc2cc3ccccc3[nH]c2=O)on1. The van der Waals surface area contributed by atoms with E-state index in [-0.39, 0.29) is 5.56 Å². The normalized spacial score (nSPS) is 11.1. The zero-order valence-electron chi connectivity index (χ0n) is 11.1. The monoisotopic (exact) mass is 269 g/mol. The van der Waals surface area contributed by atoms with Crippen LogP contribution < -0.4 is 10.9 Å². The second kappa shape index (κ2) is 5.30. The number of nitrogens with zero attached hydrogens (tertiary/aromatic N) is 1. The highest BCUT2D eigenvalue weighted by Gasteiger charge is 2.04. The highest BCUT2D eigenvalue weighted by atomic mass is 16.5. The van der Waals surface area contributed by atoms with E-state index in [0.717, 1.165) is 22.4 Å². The van der Waals surface area contributed by atoms with Gasteiger partial charge in [0.15, 0.2) is 5.76 Å². The molecule has 0 aliphatic rings. The Hall–Kier alpha value is -2.40. The molecule has 5 heteroatoms. The molecule has 0 aliphatic carbocycles. The number of rotatable bonds is 4. The minimum Gasteiger partial charge on any atom is -0.360 e. The van der Waals surface area contributed by atoms with Crippen molar-refractivity contribution in [2.45, 2.75) is 20.0 Å². The summed E-state index contributed by atoms with van der Waals surface area (Å²) >= 11 is 0. The van der Waals surface area contributed by atoms with Crippen molar-refractivity contribution in [3.8, 4) is 0 Å². The molecule has 2 aromatic heterocycles. The smallest absolute Gasteiger partial charge is 0.252 e. The largest absolute Gasteiger partial charge is 0.360 e. The molecule has 0 spiro atoms. The van der Waals surface area contributed by atoms with Crippen LogP contribution >= 0.6 is 0 Å². The van der Waals surface area contributed by atoms with Crippen molar-refractivity contribution < 1.29 is 4.52 Å². The number of H-pyrrole nitrogens is 1. The summed E-state index contributed by atoms with van der Waals surface area (Å²) in [4.78, 5) is 14.8. The molecule has 1 aromatic carbocycles. The first-order valence-corrected chi connectivity index (χ1v) is 6.46. The van der Waals surface area contributed by atoms with Crippen LogP contribution in [0.25, 0.3) is 10.9 Å². The summed E-state index contributed by atoms with van der Waals surface area (Å²) in [5, 5.41) is 8.03. The van der Waals surface area contributed by atoms with Crippen LogP contribution in [0.4, 0.5) is 0 Å². The van der Waals surface area contributed by atoms with E-state index in [0.29, 0.717) is 18.7 Å². The van der Waals surface area contributed by atoms with Gasteiger partial charge in [-0.05, 0) is 24.4 Å². The average molecular weight is 269 g/mol. The topological polar surface area (TPSA) is 70.9 Å². The predicted octanol–water partition coefficient (Wildman–Crippen LogP) is 2.11. The number of hydrogen-bond acceptors (Lipinski definition) is 4. The van der Waals surface area contributed by atoms with E-state index >= 15 is 0 Å². The molecule has 0 saturated heterocycles. The number of aryl methyl sites for hydroxylation is 1. The van der Waals surface area contributed by atoms with Crippen molar-refractivity contribution in [1.82, 2.24) is 15.5 Å². The number of hydrogen-bond donors (Lipinski definition) is 2. The minimum absolute atomic E-state index is 0.0649. The van der Waals surface area contributed by atoms with Crippen LogP contribution in [0.5, 0.6) is 0 Å². The van der Waals surface area contributed by atoms with Gasteiger partial charge in [0.05, 0.1) is 12.2 Å². The Labute approximate surface area is 115 Å². The van der Waals surface area contributed by atoms with Gasteiger partial charge in [-0.25, -0.2) is 0 Å². The van der Waals surface area contributed by atoms with Gasteiger partial charge in [-0.3, -0.25) is 4.79 Å². The third-order valence-electron chi connectivity index (χ3n) is 3.12. The van der Waals surface area contributed by atoms with Crippen molar-refractivity contribution in [2.24, 2.45) is 0 Å². The Morgan fingerprint density at radius 1 is 1.25 bits per heavy atom. The second-order valence-corrected chi connectivity index (χ2v) is 4.75. The van der Waals surface area contributed by atoms with Crippen LogP contribution in [0, 0.1) is 6.92 Å². The number of aromatic nitrogens is 2. The third-order valence-corrected chi connectivity index (χ3v) is 3.12. The van der Waals surface area contributed by atoms with Gasteiger partial charge in [-0.2, -0.15) is 0 Å². The quantitative estimate of drug-likeness (QED) is 0.761. The van der Waals surface area contributed by atoms with Crippen molar-refractivity contribution in [3.05, 3.63) is 63.8 Å². The molecule has 0 fully saturated rings. The Morgan fingerprint density at radius 2 is 2.10 bits per heavy atom. The number of fused-ring (bicyclic) bond motifs is 1. The zero-order valence-corrected chi connectivity index (χ0v) is 11.1. The molecule has 0 bridgehead atoms. The summed E-state index contributed by atoms with van der Waals surface area (Å²) in [6, 6.07) is 11.5. The van der Waals surface area contributed by atoms with E-state index in [1.54, 1.807) is 0 Å². The van der Waals surface area contributed by atoms with E-state index in [9.17, 15) is 4.79 Å². The summed E-state index contributed by atoms with van der Waals surface area (Å²) in [7, 11) is 0. The number of benzene rings is 1. The maximum Gasteiger partial charge on any atom is 0.252 e. The van der Waals surface area contributed by atoms with Gasteiger partial charge in [-0.1, -0.05) is 23.4 Å². The lowest BCUT2D eigenvalue weighted by molar-refractivity contribution is 0.369. The standard InChI is InChI=1S/C15H15N3O2/c1-10-6-13(20-18-10)9-16-8-12-7-11-4-2-3-5-14(11)17-15(12)19/h2-7,16H,8-9H2,1H3,(H,17,19). The molecule has 3 aromatic rings. The van der Waals surface area contributed by atoms with Crippen molar-refractivity contribution in [1.29, 1.82) is 0 Å². The first-order valence-electron chi connectivity index (χ1n) is 6.46. The molecule has 0 aliphatic heterocycles. The number of nitrogens with one attached hydrogen (secondary N) is 2. The van der Waals surface area contributed by atoms with Crippen LogP contribution in [0.15, 0.2) is 45.7 Å². The molecule has 0 atom stereocenters. The molecular formula is C15H15N3O2. The van der Waals surface area contributed by atoms with Crippen molar-refractivity contribution >= 4 is 10.9 Å². The molecule has 2 heterocycles. The number of para-hydroxylation sites is 1. The molecular weight excluding hydrogens is 254 g/mol. The van der Waals surface area contributed by atoms with Crippen molar-refractivity contribution in [3.63, 3.8) is 0 Å². The minimum atomic E-state index is -0.0649. The van der Waals surface area contributed by atoms with Crippen LogP contribution in [0.3, 0.4) is 0 Å². The molecule has 0 radical (unpaired) electrons. The molecule has 20 heavy (non-hydrogen) atoms. The molecule has 0 amide bonds. The number of aromatic amines is 1. The fourth-order valence-corrected chi connectivity index (χ4v) is 2.14. The van der Waals surface area contributed by atoms with E-state index in [1.807, 2.05) is 43.3 Å². The zero-order chi connectivity index (χ0) is 13.9. The maximum atomic E-state index is 11.9. The van der Waals surface area contributed by atoms with E-state index in [1.165, 1.54) is 0 Å². The van der Waals surface area contributed by atoms with Gasteiger partial charge in [0.2, 0.25) is 0 Å². The van der Waals surface area contributed by atoms with Gasteiger partial charge >= 0.3 is 0 Å². The average Bonchev–Trinajstić information content (AvgIpc) is 2.85. The van der Waals surface area contributed by atoms with Gasteiger partial charge < -0.3 is 14.8 Å². The van der Waals surface area contributed by atoms with Crippen LogP contribution in [0.1, 0.15) is 17.0 Å². The summed E-state index contributed by atoms with van der Waals surface area (Å²) in [6.45, 7) is 2.91. The molecule has 0 saturated carbocycles. The van der Waals surface area contributed by atoms with Gasteiger partial charge in [0, 0.05) is 23.7 Å². The van der Waals surface area contributed by atoms with E-state index in [2.05, 4.69) is 15.5 Å². The Kier molecular flexibility index (Phi) is 3.35. The predicted molar refractivity (Wildman–Crippen MR) is 76.4 cm³/mol. The number of pyridine rings is 1. The Bertz CT molecular complexity index is 789. The summed E-state index contributed by atoms with van der Waals surface area (Å²) in [5.74, 6) is 0.764. The molecule has 102 valence electrons. The lowest BCUT2D eigenvalue weighted by atomic mass is 10.1. The van der Waals surface area contributed by atoms with E-state index < -0.39 is 0 Å². The lowest BCUT2D eigenvalue weighted by Crippen LogP contribution is -2.20. The van der Waals surface area contributed by atoms with Crippen LogP contribution in [-0.2, 0) is 13.1 Å². The summed E-state index contributed by atoms with van der Waals surface area (Å²) in [6.07, 6.45) is 0. The summed E-state index contributed by atoms with van der Waals surface area (Å²) < 4.78 is 5.10. The summed E-state index contributed by atoms with van der Waals surface area (Å²) in [5.41, 5.74) is 2.35. The maximum absolute atomic E-state index is 11.9. The molecule has 0 unspecified atom stereocenters.